The molecule has 1 atom stereocenters. The lowest BCUT2D eigenvalue weighted by Crippen LogP contribution is -2.17. The van der Waals surface area contributed by atoms with Gasteiger partial charge in [0.25, 0.3) is 0 Å². The molecule has 0 fully saturated rings. The fourth-order valence-corrected chi connectivity index (χ4v) is 2.65. The number of ether oxygens (including phenoxy) is 1. The Morgan fingerprint density at radius 2 is 2.11 bits per heavy atom. The molecule has 0 aliphatic heterocycles. The van der Waals surface area contributed by atoms with Crippen molar-refractivity contribution in [3.8, 4) is 5.88 Å². The van der Waals surface area contributed by atoms with Crippen LogP contribution in [0.15, 0.2) is 6.07 Å². The second kappa shape index (κ2) is 5.70. The van der Waals surface area contributed by atoms with E-state index in [2.05, 4.69) is 31.8 Å². The summed E-state index contributed by atoms with van der Waals surface area (Å²) < 4.78 is 5.98. The van der Waals surface area contributed by atoms with Gasteiger partial charge in [-0.25, -0.2) is 4.98 Å². The Kier molecular flexibility index (Phi) is 4.23. The first kappa shape index (κ1) is 13.3. The smallest absolute Gasteiger partial charge is 0.218 e. The fraction of sp³-hybridized carbons (Fsp3) is 0.667. The first-order valence-electron chi connectivity index (χ1n) is 6.98. The van der Waals surface area contributed by atoms with Gasteiger partial charge in [-0.05, 0) is 50.2 Å². The lowest BCUT2D eigenvalue weighted by molar-refractivity contribution is 0.183. The molecule has 0 bridgehead atoms. The van der Waals surface area contributed by atoms with E-state index in [-0.39, 0.29) is 6.10 Å². The zero-order chi connectivity index (χ0) is 13.1. The molecule has 1 aliphatic carbocycles. The maximum atomic E-state index is 5.98. The van der Waals surface area contributed by atoms with Crippen LogP contribution in [0.2, 0.25) is 0 Å². The van der Waals surface area contributed by atoms with Crippen molar-refractivity contribution in [3.63, 3.8) is 0 Å². The standard InChI is InChI=1S/C15H24N2O/c1-10(2)7-11(3)18-15-13(9-16)8-12-5-4-6-14(12)17-15/h8,10-11H,4-7,9,16H2,1-3H3. The van der Waals surface area contributed by atoms with Gasteiger partial charge in [0.2, 0.25) is 5.88 Å². The number of aryl methyl sites for hydroxylation is 2. The molecule has 3 heteroatoms. The van der Waals surface area contributed by atoms with Crippen LogP contribution in [-0.4, -0.2) is 11.1 Å². The van der Waals surface area contributed by atoms with Crippen LogP contribution in [0, 0.1) is 5.92 Å². The van der Waals surface area contributed by atoms with Crippen LogP contribution in [0.3, 0.4) is 0 Å². The van der Waals surface area contributed by atoms with Crippen LogP contribution in [0.5, 0.6) is 5.88 Å². The maximum Gasteiger partial charge on any atom is 0.218 e. The third-order valence-corrected chi connectivity index (χ3v) is 3.43. The molecular formula is C15H24N2O. The molecule has 0 amide bonds. The minimum Gasteiger partial charge on any atom is -0.474 e. The highest BCUT2D eigenvalue weighted by molar-refractivity contribution is 5.36. The van der Waals surface area contributed by atoms with Crippen molar-refractivity contribution >= 4 is 0 Å². The van der Waals surface area contributed by atoms with Gasteiger partial charge in [-0.15, -0.1) is 0 Å². The van der Waals surface area contributed by atoms with Crippen molar-refractivity contribution < 1.29 is 4.74 Å². The summed E-state index contributed by atoms with van der Waals surface area (Å²) in [5.74, 6) is 1.39. The van der Waals surface area contributed by atoms with Gasteiger partial charge >= 0.3 is 0 Å². The second-order valence-electron chi connectivity index (χ2n) is 5.67. The minimum atomic E-state index is 0.197. The van der Waals surface area contributed by atoms with E-state index < -0.39 is 0 Å². The topological polar surface area (TPSA) is 48.1 Å². The molecule has 1 aromatic rings. The summed E-state index contributed by atoms with van der Waals surface area (Å²) in [5.41, 5.74) is 9.42. The van der Waals surface area contributed by atoms with Gasteiger partial charge < -0.3 is 10.5 Å². The number of hydrogen-bond donors (Lipinski definition) is 1. The summed E-state index contributed by atoms with van der Waals surface area (Å²) in [4.78, 5) is 4.67. The van der Waals surface area contributed by atoms with E-state index in [1.807, 2.05) is 0 Å². The molecular weight excluding hydrogens is 224 g/mol. The summed E-state index contributed by atoms with van der Waals surface area (Å²) in [7, 11) is 0. The molecule has 1 aromatic heterocycles. The van der Waals surface area contributed by atoms with E-state index in [1.165, 1.54) is 17.7 Å². The summed E-state index contributed by atoms with van der Waals surface area (Å²) in [6, 6.07) is 2.19. The van der Waals surface area contributed by atoms with Crippen molar-refractivity contribution in [3.05, 3.63) is 22.9 Å². The molecule has 0 saturated carbocycles. The highest BCUT2D eigenvalue weighted by Crippen LogP contribution is 2.27. The number of hydrogen-bond acceptors (Lipinski definition) is 3. The average Bonchev–Trinajstić information content (AvgIpc) is 2.73. The molecule has 0 saturated heterocycles. The molecule has 100 valence electrons. The number of pyridine rings is 1. The summed E-state index contributed by atoms with van der Waals surface area (Å²) in [5, 5.41) is 0. The number of rotatable bonds is 5. The molecule has 18 heavy (non-hydrogen) atoms. The van der Waals surface area contributed by atoms with E-state index in [1.54, 1.807) is 0 Å². The highest BCUT2D eigenvalue weighted by atomic mass is 16.5. The van der Waals surface area contributed by atoms with Crippen LogP contribution >= 0.6 is 0 Å². The molecule has 0 radical (unpaired) electrons. The maximum absolute atomic E-state index is 5.98. The third-order valence-electron chi connectivity index (χ3n) is 3.43. The van der Waals surface area contributed by atoms with E-state index in [9.17, 15) is 0 Å². The SMILES string of the molecule is CC(C)CC(C)Oc1nc2c(cc1CN)CCC2. The van der Waals surface area contributed by atoms with E-state index in [0.29, 0.717) is 12.5 Å². The van der Waals surface area contributed by atoms with Crippen molar-refractivity contribution in [1.82, 2.24) is 4.98 Å². The van der Waals surface area contributed by atoms with Crippen LogP contribution in [0.4, 0.5) is 0 Å². The number of fused-ring (bicyclic) bond motifs is 1. The van der Waals surface area contributed by atoms with Gasteiger partial charge in [0.1, 0.15) is 0 Å². The van der Waals surface area contributed by atoms with Crippen LogP contribution in [0.1, 0.15) is 50.4 Å². The van der Waals surface area contributed by atoms with Gasteiger partial charge in [0.05, 0.1) is 6.10 Å². The van der Waals surface area contributed by atoms with E-state index in [4.69, 9.17) is 10.5 Å². The summed E-state index contributed by atoms with van der Waals surface area (Å²) in [6.07, 6.45) is 4.66. The van der Waals surface area contributed by atoms with Gasteiger partial charge in [-0.2, -0.15) is 0 Å². The molecule has 1 aliphatic rings. The number of aromatic nitrogens is 1. The van der Waals surface area contributed by atoms with Crippen molar-refractivity contribution in [2.45, 2.75) is 59.1 Å². The largest absolute Gasteiger partial charge is 0.474 e. The Labute approximate surface area is 110 Å². The molecule has 3 nitrogen and oxygen atoms in total. The van der Waals surface area contributed by atoms with Gasteiger partial charge in [0.15, 0.2) is 0 Å². The van der Waals surface area contributed by atoms with E-state index >= 15 is 0 Å². The lowest BCUT2D eigenvalue weighted by atomic mass is 10.1. The number of nitrogens with two attached hydrogens (primary N) is 1. The summed E-state index contributed by atoms with van der Waals surface area (Å²) in [6.45, 7) is 7.03. The first-order chi connectivity index (χ1) is 8.60. The van der Waals surface area contributed by atoms with Crippen LogP contribution < -0.4 is 10.5 Å². The molecule has 0 aromatic carbocycles. The lowest BCUT2D eigenvalue weighted by Gasteiger charge is -2.18. The Bertz CT molecular complexity index is 415. The van der Waals surface area contributed by atoms with Crippen molar-refractivity contribution in [2.24, 2.45) is 11.7 Å². The van der Waals surface area contributed by atoms with Gasteiger partial charge in [-0.1, -0.05) is 13.8 Å². The minimum absolute atomic E-state index is 0.197. The van der Waals surface area contributed by atoms with Crippen LogP contribution in [-0.2, 0) is 19.4 Å². The Morgan fingerprint density at radius 3 is 2.78 bits per heavy atom. The van der Waals surface area contributed by atoms with E-state index in [0.717, 1.165) is 30.7 Å². The summed E-state index contributed by atoms with van der Waals surface area (Å²) >= 11 is 0. The average molecular weight is 248 g/mol. The van der Waals surface area contributed by atoms with Crippen molar-refractivity contribution in [1.29, 1.82) is 0 Å². The predicted octanol–water partition coefficient (Wildman–Crippen LogP) is 2.84. The molecule has 0 spiro atoms. The first-order valence-corrected chi connectivity index (χ1v) is 6.98. The second-order valence-corrected chi connectivity index (χ2v) is 5.67. The molecule has 2 rings (SSSR count). The van der Waals surface area contributed by atoms with Gasteiger partial charge in [0, 0.05) is 17.8 Å². The Balaban J connectivity index is 2.16. The van der Waals surface area contributed by atoms with Crippen molar-refractivity contribution in [2.75, 3.05) is 0 Å². The Hall–Kier alpha value is -1.09. The normalized spacial score (nSPS) is 15.8. The molecule has 1 heterocycles. The van der Waals surface area contributed by atoms with Crippen LogP contribution in [0.25, 0.3) is 0 Å². The quantitative estimate of drug-likeness (QED) is 0.871. The fourth-order valence-electron chi connectivity index (χ4n) is 2.65. The Morgan fingerprint density at radius 1 is 1.33 bits per heavy atom. The highest BCUT2D eigenvalue weighted by Gasteiger charge is 2.18. The molecule has 1 unspecified atom stereocenters. The monoisotopic (exact) mass is 248 g/mol. The number of nitrogens with zero attached hydrogens (tertiary/aromatic N) is 1. The zero-order valence-corrected chi connectivity index (χ0v) is 11.7. The predicted molar refractivity (Wildman–Crippen MR) is 73.7 cm³/mol. The molecule has 2 N–H and O–H groups in total. The van der Waals surface area contributed by atoms with Gasteiger partial charge in [-0.3, -0.25) is 0 Å². The zero-order valence-electron chi connectivity index (χ0n) is 11.7. The third kappa shape index (κ3) is 3.02.